The van der Waals surface area contributed by atoms with Crippen molar-refractivity contribution in [3.8, 4) is 27.9 Å². The van der Waals surface area contributed by atoms with Crippen LogP contribution in [-0.2, 0) is 21.7 Å². The largest absolute Gasteiger partial charge is 0.311 e. The molecule has 1 aliphatic carbocycles. The summed E-state index contributed by atoms with van der Waals surface area (Å²) in [6.45, 7) is 29.8. The lowest BCUT2D eigenvalue weighted by Crippen LogP contribution is -2.61. The standard InChI is InChI=1S/C81H72BN3.C2H6/c1-51-43-58(79(6,7)8)44-52(2)77(51)85-73-50-71-65(64-32-22-24-34-70(64)83(71)60-29-19-14-20-30-60)49-69(73)82-68-42-38-57(78(3,4)5)46-72(68)84(74-47-59(80(9,10)11)48-75(85)76(74)82)61-39-35-53(36-40-61)54-37-41-63-62-31-21-23-33-66(62)81(67(63)45-54,55-25-15-12-16-26-55)56-27-17-13-18-28-56;1-2/h12-50H,1-11H3;1-2H3. The van der Waals surface area contributed by atoms with Crippen molar-refractivity contribution in [1.82, 2.24) is 4.57 Å². The molecule has 3 aliphatic rings. The van der Waals surface area contributed by atoms with E-state index < -0.39 is 5.41 Å². The minimum atomic E-state index is -0.483. The lowest BCUT2D eigenvalue weighted by Gasteiger charge is -2.46. The molecule has 1 aromatic heterocycles. The van der Waals surface area contributed by atoms with Crippen molar-refractivity contribution in [1.29, 1.82) is 0 Å². The fourth-order valence-corrected chi connectivity index (χ4v) is 14.9. The second-order valence-corrected chi connectivity index (χ2v) is 27.5. The average molecular weight is 1130 g/mol. The van der Waals surface area contributed by atoms with E-state index in [0.29, 0.717) is 0 Å². The van der Waals surface area contributed by atoms with Crippen LogP contribution in [0.1, 0.15) is 126 Å². The molecule has 0 saturated carbocycles. The van der Waals surface area contributed by atoms with Crippen LogP contribution in [0.15, 0.2) is 237 Å². The third-order valence-corrected chi connectivity index (χ3v) is 19.1. The normalized spacial score (nSPS) is 13.8. The predicted molar refractivity (Wildman–Crippen MR) is 374 cm³/mol. The zero-order valence-electron chi connectivity index (χ0n) is 52.9. The van der Waals surface area contributed by atoms with Crippen LogP contribution < -0.4 is 26.2 Å². The van der Waals surface area contributed by atoms with Crippen LogP contribution in [0, 0.1) is 13.8 Å². The molecule has 11 aromatic carbocycles. The Kier molecular flexibility index (Phi) is 13.1. The Morgan fingerprint density at radius 1 is 0.356 bits per heavy atom. The Morgan fingerprint density at radius 2 is 0.874 bits per heavy atom. The van der Waals surface area contributed by atoms with Gasteiger partial charge in [0.1, 0.15) is 0 Å². The summed E-state index contributed by atoms with van der Waals surface area (Å²) < 4.78 is 2.48. The Balaban J connectivity index is 0.00000330. The number of hydrogen-bond donors (Lipinski definition) is 0. The van der Waals surface area contributed by atoms with Crippen molar-refractivity contribution in [3.05, 3.63) is 287 Å². The molecule has 428 valence electrons. The molecular weight excluding hydrogens is 1050 g/mol. The predicted octanol–water partition coefficient (Wildman–Crippen LogP) is 20.4. The number of hydrogen-bond acceptors (Lipinski definition) is 2. The van der Waals surface area contributed by atoms with E-state index in [4.69, 9.17) is 0 Å². The van der Waals surface area contributed by atoms with Crippen LogP contribution in [0.2, 0.25) is 0 Å². The van der Waals surface area contributed by atoms with Crippen LogP contribution >= 0.6 is 0 Å². The van der Waals surface area contributed by atoms with Crippen LogP contribution in [0.3, 0.4) is 0 Å². The first-order chi connectivity index (χ1) is 41.9. The van der Waals surface area contributed by atoms with Gasteiger partial charge in [-0.2, -0.15) is 0 Å². The molecule has 4 heteroatoms. The lowest BCUT2D eigenvalue weighted by atomic mass is 9.33. The number of benzene rings is 11. The zero-order chi connectivity index (χ0) is 60.5. The fraction of sp³-hybridized carbons (Fsp3) is 0.205. The number of nitrogens with zero attached hydrogens (tertiary/aromatic N) is 3. The highest BCUT2D eigenvalue weighted by Gasteiger charge is 2.48. The summed E-state index contributed by atoms with van der Waals surface area (Å²) in [5.74, 6) is 0. The van der Waals surface area contributed by atoms with E-state index in [1.54, 1.807) is 0 Å². The topological polar surface area (TPSA) is 11.4 Å². The highest BCUT2D eigenvalue weighted by Crippen LogP contribution is 2.57. The summed E-state index contributed by atoms with van der Waals surface area (Å²) in [4.78, 5) is 5.30. The number of rotatable bonds is 6. The van der Waals surface area contributed by atoms with E-state index in [2.05, 4.69) is 327 Å². The number of fused-ring (bicyclic) bond motifs is 10. The van der Waals surface area contributed by atoms with Gasteiger partial charge in [-0.3, -0.25) is 0 Å². The van der Waals surface area contributed by atoms with E-state index in [1.807, 2.05) is 13.8 Å². The first-order valence-electron chi connectivity index (χ1n) is 31.5. The Morgan fingerprint density at radius 3 is 1.51 bits per heavy atom. The summed E-state index contributed by atoms with van der Waals surface area (Å²) in [6.07, 6.45) is 0. The first kappa shape index (κ1) is 55.7. The molecular formula is C83H78BN3. The maximum absolute atomic E-state index is 2.68. The van der Waals surface area contributed by atoms with E-state index in [9.17, 15) is 0 Å². The van der Waals surface area contributed by atoms with Crippen molar-refractivity contribution in [3.63, 3.8) is 0 Å². The summed E-state index contributed by atoms with van der Waals surface area (Å²) in [5.41, 5.74) is 30.7. The minimum Gasteiger partial charge on any atom is -0.311 e. The molecule has 0 N–H and O–H groups in total. The molecule has 0 radical (unpaired) electrons. The molecule has 0 saturated heterocycles. The zero-order valence-corrected chi connectivity index (χ0v) is 52.9. The number of anilines is 6. The average Bonchev–Trinajstić information content (AvgIpc) is 1.65. The van der Waals surface area contributed by atoms with E-state index in [1.165, 1.54) is 139 Å². The molecule has 0 amide bonds. The number of aryl methyl sites for hydroxylation is 2. The highest BCUT2D eigenvalue weighted by atomic mass is 15.2. The fourth-order valence-electron chi connectivity index (χ4n) is 14.9. The van der Waals surface area contributed by atoms with Gasteiger partial charge >= 0.3 is 0 Å². The van der Waals surface area contributed by atoms with Crippen molar-refractivity contribution in [2.45, 2.75) is 112 Å². The molecule has 2 aliphatic heterocycles. The summed E-state index contributed by atoms with van der Waals surface area (Å²) >= 11 is 0. The van der Waals surface area contributed by atoms with Gasteiger partial charge in [-0.25, -0.2) is 0 Å². The SMILES string of the molecule is CC.Cc1cc(C(C)(C)C)cc(C)c1N1c2cc3c(cc2B2c4ccc(C(C)(C)C)cc4N(c4ccc(-c5ccc6c(c5)C(c5ccccc5)(c5ccccc5)c5ccccc5-6)cc4)c4cc(C(C)(C)C)cc1c42)c1ccccc1n3-c1ccccc1. The molecule has 3 heterocycles. The van der Waals surface area contributed by atoms with Crippen molar-refractivity contribution in [2.24, 2.45) is 0 Å². The van der Waals surface area contributed by atoms with Crippen LogP contribution in [-0.4, -0.2) is 11.3 Å². The number of aromatic nitrogens is 1. The van der Waals surface area contributed by atoms with Gasteiger partial charge in [-0.15, -0.1) is 0 Å². The molecule has 3 nitrogen and oxygen atoms in total. The van der Waals surface area contributed by atoms with Crippen molar-refractivity contribution >= 4 is 79.0 Å². The quantitative estimate of drug-likeness (QED) is 0.154. The van der Waals surface area contributed by atoms with Gasteiger partial charge in [0.05, 0.1) is 22.1 Å². The second kappa shape index (κ2) is 20.5. The molecule has 15 rings (SSSR count). The summed E-state index contributed by atoms with van der Waals surface area (Å²) in [5, 5.41) is 2.52. The van der Waals surface area contributed by atoms with Crippen molar-refractivity contribution in [2.75, 3.05) is 9.80 Å². The third kappa shape index (κ3) is 8.68. The maximum Gasteiger partial charge on any atom is 0.252 e. The second-order valence-electron chi connectivity index (χ2n) is 27.5. The Labute approximate surface area is 516 Å². The van der Waals surface area contributed by atoms with Crippen LogP contribution in [0.4, 0.5) is 34.1 Å². The molecule has 0 unspecified atom stereocenters. The molecule has 0 atom stereocenters. The Hall–Kier alpha value is -9.12. The molecule has 0 fully saturated rings. The number of para-hydroxylation sites is 2. The van der Waals surface area contributed by atoms with Gasteiger partial charge in [0.2, 0.25) is 0 Å². The van der Waals surface area contributed by atoms with Gasteiger partial charge in [0, 0.05) is 44.9 Å². The lowest BCUT2D eigenvalue weighted by molar-refractivity contribution is 0.589. The van der Waals surface area contributed by atoms with Crippen LogP contribution in [0.5, 0.6) is 0 Å². The summed E-state index contributed by atoms with van der Waals surface area (Å²) in [6, 6.07) is 90.5. The molecule has 0 bridgehead atoms. The van der Waals surface area contributed by atoms with Gasteiger partial charge in [0.25, 0.3) is 6.71 Å². The van der Waals surface area contributed by atoms with E-state index in [0.717, 1.165) is 11.4 Å². The summed E-state index contributed by atoms with van der Waals surface area (Å²) in [7, 11) is 0. The Bertz CT molecular complexity index is 4600. The minimum absolute atomic E-state index is 0.0139. The molecule has 12 aromatic rings. The van der Waals surface area contributed by atoms with Gasteiger partial charge in [0.15, 0.2) is 0 Å². The first-order valence-corrected chi connectivity index (χ1v) is 31.5. The smallest absolute Gasteiger partial charge is 0.252 e. The van der Waals surface area contributed by atoms with Crippen LogP contribution in [0.25, 0.3) is 49.7 Å². The van der Waals surface area contributed by atoms with Gasteiger partial charge in [-0.05, 0) is 179 Å². The maximum atomic E-state index is 2.68. The molecule has 87 heavy (non-hydrogen) atoms. The third-order valence-electron chi connectivity index (χ3n) is 19.1. The molecule has 0 spiro atoms. The monoisotopic (exact) mass is 1130 g/mol. The highest BCUT2D eigenvalue weighted by molar-refractivity contribution is 7.00. The van der Waals surface area contributed by atoms with Gasteiger partial charge < -0.3 is 14.4 Å². The van der Waals surface area contributed by atoms with Gasteiger partial charge in [-0.1, -0.05) is 252 Å². The van der Waals surface area contributed by atoms with E-state index >= 15 is 0 Å². The van der Waals surface area contributed by atoms with E-state index in [-0.39, 0.29) is 23.0 Å². The van der Waals surface area contributed by atoms with Crippen molar-refractivity contribution < 1.29 is 0 Å².